The maximum atomic E-state index is 6.57. The van der Waals surface area contributed by atoms with Crippen LogP contribution in [0, 0.1) is 0 Å². The Kier molecular flexibility index (Phi) is 7.94. The highest BCUT2D eigenvalue weighted by molar-refractivity contribution is 7.26. The second-order valence-electron chi connectivity index (χ2n) is 15.6. The van der Waals surface area contributed by atoms with Gasteiger partial charge in [-0.25, -0.2) is 15.0 Å². The maximum Gasteiger partial charge on any atom is 0.238 e. The largest absolute Gasteiger partial charge is 0.456 e. The molecule has 0 radical (unpaired) electrons. The number of nitrogens with zero attached hydrogens (tertiary/aromatic N) is 6. The molecule has 7 nitrogen and oxygen atoms in total. The number of thiophene rings is 1. The molecule has 0 saturated heterocycles. The van der Waals surface area contributed by atoms with Crippen molar-refractivity contribution in [2.75, 3.05) is 0 Å². The van der Waals surface area contributed by atoms with E-state index in [1.54, 1.807) is 11.3 Å². The third-order valence-electron chi connectivity index (χ3n) is 11.9. The average molecular weight is 825 g/mol. The van der Waals surface area contributed by atoms with Crippen molar-refractivity contribution in [2.24, 2.45) is 0 Å². The standard InChI is InChI=1S/C55H32N6OS/c1-4-15-33(16-5-1)36-27-29-44-41(31-36)38-21-10-12-24-43(38)61(44)55-59-52(35-19-8-3-9-20-35)58-53(60-55)37-28-30-45-42(32-37)48-40(23-14-25-46(48)62-45)54-56-49(34-17-6-2-7-18-34)51-50(57-54)39-22-11-13-26-47(39)63-51/h1-32H. The number of benzene rings is 8. The van der Waals surface area contributed by atoms with Gasteiger partial charge in [-0.2, -0.15) is 9.97 Å². The van der Waals surface area contributed by atoms with Gasteiger partial charge in [0.2, 0.25) is 5.95 Å². The minimum atomic E-state index is 0.536. The Bertz CT molecular complexity index is 3910. The first-order valence-corrected chi connectivity index (χ1v) is 21.6. The van der Waals surface area contributed by atoms with Crippen LogP contribution in [0.4, 0.5) is 0 Å². The number of para-hydroxylation sites is 1. The number of hydrogen-bond donors (Lipinski definition) is 0. The fourth-order valence-electron chi connectivity index (χ4n) is 8.96. The molecule has 294 valence electrons. The van der Waals surface area contributed by atoms with Crippen molar-refractivity contribution < 1.29 is 4.42 Å². The summed E-state index contributed by atoms with van der Waals surface area (Å²) < 4.78 is 11.0. The Morgan fingerprint density at radius 2 is 1.05 bits per heavy atom. The fourth-order valence-corrected chi connectivity index (χ4v) is 10.1. The van der Waals surface area contributed by atoms with E-state index in [2.05, 4.69) is 132 Å². The molecule has 0 aliphatic carbocycles. The van der Waals surface area contributed by atoms with Crippen LogP contribution in [0.25, 0.3) is 127 Å². The lowest BCUT2D eigenvalue weighted by Crippen LogP contribution is -2.06. The highest BCUT2D eigenvalue weighted by atomic mass is 32.1. The smallest absolute Gasteiger partial charge is 0.238 e. The highest BCUT2D eigenvalue weighted by Gasteiger charge is 2.22. The molecule has 0 spiro atoms. The first-order valence-electron chi connectivity index (χ1n) is 20.8. The molecular weight excluding hydrogens is 793 g/mol. The summed E-state index contributed by atoms with van der Waals surface area (Å²) in [6, 6.07) is 66.8. The molecule has 63 heavy (non-hydrogen) atoms. The zero-order valence-corrected chi connectivity index (χ0v) is 34.3. The number of furan rings is 1. The Hall–Kier alpha value is -8.33. The van der Waals surface area contributed by atoms with Gasteiger partial charge in [0.15, 0.2) is 17.5 Å². The quantitative estimate of drug-likeness (QED) is 0.166. The molecule has 0 fully saturated rings. The molecule has 5 heterocycles. The SMILES string of the molecule is c1ccc(-c2ccc3c(c2)c2ccccc2n3-c2nc(-c3ccccc3)nc(-c3ccc4oc5cccc(-c6nc(-c7ccccc7)c7sc8ccccc8c7n6)c5c4c3)n2)cc1. The van der Waals surface area contributed by atoms with Gasteiger partial charge in [-0.3, -0.25) is 4.57 Å². The van der Waals surface area contributed by atoms with Crippen LogP contribution in [0.3, 0.4) is 0 Å². The molecule has 0 unspecified atom stereocenters. The van der Waals surface area contributed by atoms with E-state index in [1.165, 1.54) is 10.3 Å². The summed E-state index contributed by atoms with van der Waals surface area (Å²) in [5.74, 6) is 2.30. The molecule has 8 heteroatoms. The zero-order chi connectivity index (χ0) is 41.4. The van der Waals surface area contributed by atoms with E-state index in [0.717, 1.165) is 92.9 Å². The van der Waals surface area contributed by atoms with Crippen molar-refractivity contribution in [2.45, 2.75) is 0 Å². The van der Waals surface area contributed by atoms with Crippen molar-refractivity contribution in [3.63, 3.8) is 0 Å². The predicted molar refractivity (Wildman–Crippen MR) is 257 cm³/mol. The zero-order valence-electron chi connectivity index (χ0n) is 33.5. The van der Waals surface area contributed by atoms with Crippen molar-refractivity contribution in [1.29, 1.82) is 0 Å². The summed E-state index contributed by atoms with van der Waals surface area (Å²) in [5, 5.41) is 5.22. The van der Waals surface area contributed by atoms with E-state index >= 15 is 0 Å². The van der Waals surface area contributed by atoms with Crippen LogP contribution in [0.15, 0.2) is 199 Å². The maximum absolute atomic E-state index is 6.57. The summed E-state index contributed by atoms with van der Waals surface area (Å²) in [4.78, 5) is 26.3. The summed E-state index contributed by atoms with van der Waals surface area (Å²) in [7, 11) is 0. The van der Waals surface area contributed by atoms with Crippen LogP contribution in [0.1, 0.15) is 0 Å². The topological polar surface area (TPSA) is 82.5 Å². The molecule has 0 bridgehead atoms. The molecule has 5 aromatic heterocycles. The van der Waals surface area contributed by atoms with Crippen molar-refractivity contribution >= 4 is 75.4 Å². The van der Waals surface area contributed by atoms with Crippen molar-refractivity contribution in [3.8, 4) is 62.5 Å². The lowest BCUT2D eigenvalue weighted by molar-refractivity contribution is 0.669. The van der Waals surface area contributed by atoms with Gasteiger partial charge >= 0.3 is 0 Å². The molecule has 8 aromatic carbocycles. The second kappa shape index (κ2) is 14.1. The first kappa shape index (κ1) is 35.4. The molecular formula is C55H32N6OS. The second-order valence-corrected chi connectivity index (χ2v) is 16.7. The molecule has 13 rings (SSSR count). The van der Waals surface area contributed by atoms with Gasteiger partial charge in [-0.1, -0.05) is 146 Å². The molecule has 13 aromatic rings. The lowest BCUT2D eigenvalue weighted by Gasteiger charge is -2.11. The van der Waals surface area contributed by atoms with Gasteiger partial charge in [0.05, 0.1) is 26.9 Å². The molecule has 0 saturated carbocycles. The predicted octanol–water partition coefficient (Wildman–Crippen LogP) is 14.4. The van der Waals surface area contributed by atoms with Crippen LogP contribution < -0.4 is 0 Å². The van der Waals surface area contributed by atoms with E-state index in [4.69, 9.17) is 29.3 Å². The Morgan fingerprint density at radius 1 is 0.397 bits per heavy atom. The average Bonchev–Trinajstić information content (AvgIpc) is 4.03. The first-order chi connectivity index (χ1) is 31.2. The van der Waals surface area contributed by atoms with Gasteiger partial charge in [0.25, 0.3) is 0 Å². The monoisotopic (exact) mass is 824 g/mol. The van der Waals surface area contributed by atoms with E-state index in [9.17, 15) is 0 Å². The van der Waals surface area contributed by atoms with E-state index in [0.29, 0.717) is 23.4 Å². The Labute approximate surface area is 364 Å². The van der Waals surface area contributed by atoms with Gasteiger partial charge in [0, 0.05) is 53.9 Å². The van der Waals surface area contributed by atoms with Crippen LogP contribution in [-0.4, -0.2) is 29.5 Å². The van der Waals surface area contributed by atoms with Crippen LogP contribution in [0.2, 0.25) is 0 Å². The highest BCUT2D eigenvalue weighted by Crippen LogP contribution is 2.43. The summed E-state index contributed by atoms with van der Waals surface area (Å²) >= 11 is 1.73. The molecule has 0 N–H and O–H groups in total. The van der Waals surface area contributed by atoms with Crippen molar-refractivity contribution in [3.05, 3.63) is 194 Å². The Balaban J connectivity index is 1.03. The molecule has 0 aliphatic heterocycles. The molecule has 0 amide bonds. The number of aromatic nitrogens is 6. The van der Waals surface area contributed by atoms with Crippen LogP contribution in [0.5, 0.6) is 0 Å². The molecule has 0 atom stereocenters. The third-order valence-corrected chi connectivity index (χ3v) is 13.1. The summed E-state index contributed by atoms with van der Waals surface area (Å²) in [6.07, 6.45) is 0. The third kappa shape index (κ3) is 5.76. The van der Waals surface area contributed by atoms with Crippen LogP contribution in [-0.2, 0) is 0 Å². The van der Waals surface area contributed by atoms with E-state index in [-0.39, 0.29) is 0 Å². The van der Waals surface area contributed by atoms with Gasteiger partial charge in [0.1, 0.15) is 11.2 Å². The van der Waals surface area contributed by atoms with Crippen molar-refractivity contribution in [1.82, 2.24) is 29.5 Å². The molecule has 0 aliphatic rings. The Morgan fingerprint density at radius 3 is 1.86 bits per heavy atom. The van der Waals surface area contributed by atoms with Gasteiger partial charge in [-0.15, -0.1) is 11.3 Å². The number of fused-ring (bicyclic) bond motifs is 9. The number of rotatable bonds is 6. The van der Waals surface area contributed by atoms with E-state index in [1.807, 2.05) is 66.7 Å². The van der Waals surface area contributed by atoms with Gasteiger partial charge < -0.3 is 4.42 Å². The lowest BCUT2D eigenvalue weighted by atomic mass is 10.0. The minimum Gasteiger partial charge on any atom is -0.456 e. The van der Waals surface area contributed by atoms with Crippen LogP contribution >= 0.6 is 11.3 Å². The summed E-state index contributed by atoms with van der Waals surface area (Å²) in [5.41, 5.74) is 11.4. The number of hydrogen-bond acceptors (Lipinski definition) is 7. The van der Waals surface area contributed by atoms with E-state index < -0.39 is 0 Å². The fraction of sp³-hybridized carbons (Fsp3) is 0. The summed E-state index contributed by atoms with van der Waals surface area (Å²) in [6.45, 7) is 0. The van der Waals surface area contributed by atoms with Gasteiger partial charge in [-0.05, 0) is 59.7 Å². The minimum absolute atomic E-state index is 0.536. The normalized spacial score (nSPS) is 11.8.